The predicted molar refractivity (Wildman–Crippen MR) is 226 cm³/mol. The van der Waals surface area contributed by atoms with Crippen LogP contribution in [0.2, 0.25) is 0 Å². The summed E-state index contributed by atoms with van der Waals surface area (Å²) in [6, 6.07) is 12.1. The second kappa shape index (κ2) is 19.1. The second-order valence-corrected chi connectivity index (χ2v) is 15.6. The molecule has 3 atom stereocenters. The Labute approximate surface area is 359 Å². The summed E-state index contributed by atoms with van der Waals surface area (Å²) in [6.45, 7) is 5.00. The van der Waals surface area contributed by atoms with Crippen LogP contribution >= 0.6 is 0 Å². The van der Waals surface area contributed by atoms with Crippen LogP contribution < -0.4 is 37.9 Å². The summed E-state index contributed by atoms with van der Waals surface area (Å²) < 4.78 is 12.1. The number of pyridine rings is 2. The highest BCUT2D eigenvalue weighted by molar-refractivity contribution is 5.98. The smallest absolute Gasteiger partial charge is 0.411 e. The maximum absolute atomic E-state index is 13.5. The minimum Gasteiger partial charge on any atom is -0.481 e. The standard InChI is InChI=1S/C43H48N8O12/c1-4-43(61)29-18-32-36-25(19-51(32)39(57)28(29)21-62-40(43)58)16-24-17-27(11-12-30(24)48-36)47-42(60)63-20-23-7-9-26(10-8-23)46-37(55)31(6-5-15-45-41(44)59)49-38(56)35(22(2)3)50-33(52)13-14-34(53)54/h7-12,16-18,22,31,35,61H,4-6,13-15,19-21H2,1-3H3,(H,46,55)(H,47,60)(H,49,56)(H,50,52)(H,53,54)(H3,44,45,59)/t31-,35-,43-/m0/s1. The fourth-order valence-electron chi connectivity index (χ4n) is 7.33. The number of esters is 1. The molecule has 0 aliphatic carbocycles. The minimum absolute atomic E-state index is 0.0306. The number of ether oxygens (including phenoxy) is 2. The first-order valence-electron chi connectivity index (χ1n) is 20.3. The monoisotopic (exact) mass is 868 g/mol. The molecule has 6 amide bonds. The summed E-state index contributed by atoms with van der Waals surface area (Å²) in [5.41, 5.74) is 7.00. The summed E-state index contributed by atoms with van der Waals surface area (Å²) >= 11 is 0. The van der Waals surface area contributed by atoms with Crippen LogP contribution in [0, 0.1) is 5.92 Å². The van der Waals surface area contributed by atoms with E-state index < -0.39 is 71.8 Å². The van der Waals surface area contributed by atoms with Crippen molar-refractivity contribution in [3.63, 3.8) is 0 Å². The quantitative estimate of drug-likeness (QED) is 0.0493. The zero-order chi connectivity index (χ0) is 45.6. The first kappa shape index (κ1) is 45.2. The van der Waals surface area contributed by atoms with Crippen LogP contribution in [0.25, 0.3) is 22.3 Å². The van der Waals surface area contributed by atoms with Crippen LogP contribution in [-0.2, 0) is 58.8 Å². The summed E-state index contributed by atoms with van der Waals surface area (Å²) in [4.78, 5) is 105. The number of primary amides is 1. The third-order valence-electron chi connectivity index (χ3n) is 10.8. The van der Waals surface area contributed by atoms with Crippen LogP contribution in [0.15, 0.2) is 59.4 Å². The Bertz CT molecular complexity index is 2540. The number of cyclic esters (lactones) is 1. The third kappa shape index (κ3) is 10.4. The van der Waals surface area contributed by atoms with E-state index in [1.807, 2.05) is 6.07 Å². The number of aromatic nitrogens is 2. The fourth-order valence-corrected chi connectivity index (χ4v) is 7.33. The van der Waals surface area contributed by atoms with Gasteiger partial charge in [-0.2, -0.15) is 0 Å². The number of aliphatic hydroxyl groups is 1. The number of hydrogen-bond donors (Lipinski definition) is 8. The van der Waals surface area contributed by atoms with Gasteiger partial charge in [0.15, 0.2) is 5.60 Å². The van der Waals surface area contributed by atoms with E-state index in [9.17, 15) is 43.5 Å². The molecule has 2 aliphatic heterocycles. The highest BCUT2D eigenvalue weighted by Gasteiger charge is 2.45. The fraction of sp³-hybridized carbons (Fsp3) is 0.372. The summed E-state index contributed by atoms with van der Waals surface area (Å²) in [7, 11) is 0. The maximum Gasteiger partial charge on any atom is 0.411 e. The minimum atomic E-state index is -1.94. The number of benzene rings is 2. The van der Waals surface area contributed by atoms with Crippen LogP contribution in [-0.4, -0.2) is 80.2 Å². The number of anilines is 2. The van der Waals surface area contributed by atoms with Crippen molar-refractivity contribution in [2.45, 2.75) is 90.3 Å². The van der Waals surface area contributed by atoms with E-state index in [-0.39, 0.29) is 68.7 Å². The molecule has 0 spiro atoms. The van der Waals surface area contributed by atoms with E-state index in [1.165, 1.54) is 4.57 Å². The summed E-state index contributed by atoms with van der Waals surface area (Å²) in [5.74, 6) is -4.24. The molecular weight excluding hydrogens is 821 g/mol. The number of nitrogens with one attached hydrogen (secondary N) is 5. The number of carbonyl (C=O) groups excluding carboxylic acids is 6. The number of amides is 6. The molecule has 2 aromatic heterocycles. The van der Waals surface area contributed by atoms with Crippen molar-refractivity contribution in [2.24, 2.45) is 11.7 Å². The molecule has 0 saturated carbocycles. The molecule has 332 valence electrons. The number of carboxylic acid groups (broad SMARTS) is 1. The van der Waals surface area contributed by atoms with Gasteiger partial charge >= 0.3 is 24.1 Å². The number of nitrogens with two attached hydrogens (primary N) is 1. The molecule has 20 nitrogen and oxygen atoms in total. The number of carbonyl (C=O) groups is 7. The maximum atomic E-state index is 13.5. The topological polar surface area (TPSA) is 299 Å². The summed E-state index contributed by atoms with van der Waals surface area (Å²) in [5, 5.41) is 33.7. The van der Waals surface area contributed by atoms with Gasteiger partial charge in [-0.05, 0) is 73.2 Å². The van der Waals surface area contributed by atoms with E-state index in [4.69, 9.17) is 25.3 Å². The van der Waals surface area contributed by atoms with Gasteiger partial charge in [0.2, 0.25) is 17.7 Å². The zero-order valence-corrected chi connectivity index (χ0v) is 34.7. The molecule has 2 aromatic carbocycles. The van der Waals surface area contributed by atoms with Crippen LogP contribution in [0.1, 0.15) is 75.1 Å². The van der Waals surface area contributed by atoms with E-state index in [1.54, 1.807) is 69.3 Å². The van der Waals surface area contributed by atoms with Crippen LogP contribution in [0.5, 0.6) is 0 Å². The molecule has 4 aromatic rings. The first-order chi connectivity index (χ1) is 30.0. The van der Waals surface area contributed by atoms with Gasteiger partial charge in [-0.1, -0.05) is 32.9 Å². The summed E-state index contributed by atoms with van der Waals surface area (Å²) in [6.07, 6.45) is -1.10. The molecule has 4 heterocycles. The molecule has 20 heteroatoms. The lowest BCUT2D eigenvalue weighted by Gasteiger charge is -2.31. The predicted octanol–water partition coefficient (Wildman–Crippen LogP) is 2.71. The normalized spacial score (nSPS) is 15.8. The number of rotatable bonds is 17. The average molecular weight is 869 g/mol. The van der Waals surface area contributed by atoms with Crippen molar-refractivity contribution >= 4 is 64.1 Å². The number of aliphatic carboxylic acids is 1. The van der Waals surface area contributed by atoms with Crippen molar-refractivity contribution in [1.29, 1.82) is 0 Å². The molecule has 6 rings (SSSR count). The zero-order valence-electron chi connectivity index (χ0n) is 34.7. The van der Waals surface area contributed by atoms with Gasteiger partial charge in [0, 0.05) is 40.9 Å². The van der Waals surface area contributed by atoms with Crippen LogP contribution in [0.4, 0.5) is 21.0 Å². The van der Waals surface area contributed by atoms with Gasteiger partial charge in [0.25, 0.3) is 5.56 Å². The van der Waals surface area contributed by atoms with Gasteiger partial charge in [0.1, 0.15) is 25.3 Å². The number of hydrogen-bond acceptors (Lipinski definition) is 12. The lowest BCUT2D eigenvalue weighted by atomic mass is 9.86. The molecule has 0 radical (unpaired) electrons. The van der Waals surface area contributed by atoms with Gasteiger partial charge in [-0.3, -0.25) is 29.3 Å². The Hall–Kier alpha value is -7.35. The third-order valence-corrected chi connectivity index (χ3v) is 10.8. The molecule has 0 saturated heterocycles. The Balaban J connectivity index is 1.05. The van der Waals surface area contributed by atoms with Gasteiger partial charge in [-0.15, -0.1) is 0 Å². The van der Waals surface area contributed by atoms with E-state index >= 15 is 0 Å². The largest absolute Gasteiger partial charge is 0.481 e. The average Bonchev–Trinajstić information content (AvgIpc) is 3.60. The SMILES string of the molecule is CC[C@@]1(O)C(=O)OCc2c1cc1n(c2=O)Cc2cc3cc(NC(=O)OCc4ccc(NC(=O)[C@H](CCCNC(N)=O)NC(=O)[C@@H](NC(=O)CCC(=O)O)C(C)C)cc4)ccc3nc2-1. The van der Waals surface area contributed by atoms with E-state index in [0.717, 1.165) is 5.56 Å². The molecule has 0 bridgehead atoms. The number of fused-ring (bicyclic) bond motifs is 5. The Morgan fingerprint density at radius 1 is 0.952 bits per heavy atom. The molecule has 9 N–H and O–H groups in total. The van der Waals surface area contributed by atoms with E-state index in [2.05, 4.69) is 26.6 Å². The van der Waals surface area contributed by atoms with Gasteiger partial charge in [0.05, 0.1) is 35.4 Å². The molecular formula is C43H48N8O12. The Morgan fingerprint density at radius 3 is 2.37 bits per heavy atom. The van der Waals surface area contributed by atoms with Crippen molar-refractivity contribution in [3.05, 3.63) is 87.2 Å². The van der Waals surface area contributed by atoms with Crippen molar-refractivity contribution in [2.75, 3.05) is 17.2 Å². The highest BCUT2D eigenvalue weighted by Crippen LogP contribution is 2.39. The Morgan fingerprint density at radius 2 is 1.68 bits per heavy atom. The van der Waals surface area contributed by atoms with Gasteiger partial charge < -0.3 is 51.3 Å². The number of nitrogens with zero attached hydrogens (tertiary/aromatic N) is 2. The van der Waals surface area contributed by atoms with Crippen molar-refractivity contribution in [3.8, 4) is 11.4 Å². The molecule has 0 unspecified atom stereocenters. The van der Waals surface area contributed by atoms with E-state index in [0.29, 0.717) is 39.2 Å². The Kier molecular flexibility index (Phi) is 13.7. The lowest BCUT2D eigenvalue weighted by molar-refractivity contribution is -0.172. The highest BCUT2D eigenvalue weighted by atomic mass is 16.6. The number of carboxylic acids is 1. The molecule has 0 fully saturated rings. The number of urea groups is 1. The van der Waals surface area contributed by atoms with Gasteiger partial charge in [-0.25, -0.2) is 19.4 Å². The lowest BCUT2D eigenvalue weighted by Crippen LogP contribution is -2.54. The second-order valence-electron chi connectivity index (χ2n) is 15.6. The molecule has 63 heavy (non-hydrogen) atoms. The van der Waals surface area contributed by atoms with Crippen molar-refractivity contribution < 1.29 is 53.2 Å². The van der Waals surface area contributed by atoms with Crippen LogP contribution in [0.3, 0.4) is 0 Å². The molecule has 2 aliphatic rings. The van der Waals surface area contributed by atoms with Crippen molar-refractivity contribution in [1.82, 2.24) is 25.5 Å². The first-order valence-corrected chi connectivity index (χ1v) is 20.3.